The first-order valence-corrected chi connectivity index (χ1v) is 6.55. The van der Waals surface area contributed by atoms with Gasteiger partial charge in [0.1, 0.15) is 0 Å². The van der Waals surface area contributed by atoms with E-state index in [2.05, 4.69) is 5.10 Å². The number of H-pyrrole nitrogens is 1. The van der Waals surface area contributed by atoms with E-state index in [0.717, 1.165) is 10.2 Å². The van der Waals surface area contributed by atoms with Crippen molar-refractivity contribution in [2.45, 2.75) is 19.9 Å². The third-order valence-corrected chi connectivity index (χ3v) is 3.29. The molecule has 2 rings (SSSR count). The van der Waals surface area contributed by atoms with Crippen LogP contribution in [0.15, 0.2) is 23.0 Å². The number of aryl methyl sites for hydroxylation is 1. The molecule has 106 valence electrons. The maximum absolute atomic E-state index is 12.1. The van der Waals surface area contributed by atoms with Crippen LogP contribution in [0.5, 0.6) is 0 Å². The first-order chi connectivity index (χ1) is 9.36. The van der Waals surface area contributed by atoms with Crippen LogP contribution in [0.4, 0.5) is 0 Å². The van der Waals surface area contributed by atoms with Crippen LogP contribution in [0.3, 0.4) is 0 Å². The van der Waals surface area contributed by atoms with Gasteiger partial charge in [-0.1, -0.05) is 23.2 Å². The van der Waals surface area contributed by atoms with Crippen molar-refractivity contribution in [2.24, 2.45) is 0 Å². The Morgan fingerprint density at radius 3 is 2.45 bits per heavy atom. The molecule has 2 aromatic rings. The first-order valence-electron chi connectivity index (χ1n) is 5.80. The predicted octanol–water partition coefficient (Wildman–Crippen LogP) is 1.13. The van der Waals surface area contributed by atoms with E-state index >= 15 is 0 Å². The molecule has 1 aromatic carbocycles. The molecule has 0 fully saturated rings. The van der Waals surface area contributed by atoms with Gasteiger partial charge in [0.2, 0.25) is 0 Å². The van der Waals surface area contributed by atoms with Crippen molar-refractivity contribution >= 4 is 29.2 Å². The normalized spacial score (nSPS) is 10.8. The maximum Gasteiger partial charge on any atom is 0.270 e. The van der Waals surface area contributed by atoms with Crippen molar-refractivity contribution in [3.05, 3.63) is 55.4 Å². The Balaban J connectivity index is 2.36. The van der Waals surface area contributed by atoms with Crippen molar-refractivity contribution in [3.63, 3.8) is 0 Å². The van der Waals surface area contributed by atoms with Gasteiger partial charge in [-0.15, -0.1) is 0 Å². The Labute approximate surface area is 124 Å². The number of aliphatic carboxylic acids is 1. The van der Waals surface area contributed by atoms with Gasteiger partial charge in [0.15, 0.2) is 0 Å². The number of nitrogens with one attached hydrogen (secondary N) is 1. The molecule has 20 heavy (non-hydrogen) atoms. The van der Waals surface area contributed by atoms with Gasteiger partial charge in [-0.05, 0) is 30.7 Å². The van der Waals surface area contributed by atoms with E-state index in [1.807, 2.05) is 0 Å². The molecule has 0 bridgehead atoms. The van der Waals surface area contributed by atoms with Gasteiger partial charge in [-0.25, -0.2) is 4.68 Å². The lowest BCUT2D eigenvalue weighted by atomic mass is 10.1. The highest BCUT2D eigenvalue weighted by Gasteiger charge is 2.12. The number of hydrogen-bond donors (Lipinski definition) is 1. The zero-order chi connectivity index (χ0) is 14.9. The molecule has 0 amide bonds. The molecule has 1 heterocycles. The van der Waals surface area contributed by atoms with E-state index in [1.165, 1.54) is 0 Å². The highest BCUT2D eigenvalue weighted by Crippen LogP contribution is 2.21. The molecule has 0 saturated carbocycles. The maximum atomic E-state index is 12.1. The molecule has 0 radical (unpaired) electrons. The molecule has 0 atom stereocenters. The van der Waals surface area contributed by atoms with Gasteiger partial charge in [0.05, 0.1) is 12.5 Å². The molecule has 0 spiro atoms. The molecule has 7 heteroatoms. The van der Waals surface area contributed by atoms with Crippen LogP contribution < -0.4 is 10.7 Å². The Bertz CT molecular complexity index is 699. The summed E-state index contributed by atoms with van der Waals surface area (Å²) >= 11 is 11.8. The number of benzene rings is 1. The third-order valence-electron chi connectivity index (χ3n) is 2.85. The minimum absolute atomic E-state index is 0.321. The minimum atomic E-state index is -1.33. The number of hydrogen-bond acceptors (Lipinski definition) is 3. The van der Waals surface area contributed by atoms with E-state index in [1.54, 1.807) is 25.1 Å². The summed E-state index contributed by atoms with van der Waals surface area (Å²) in [6, 6.07) is 5.02. The van der Waals surface area contributed by atoms with Crippen LogP contribution in [-0.4, -0.2) is 15.7 Å². The van der Waals surface area contributed by atoms with Crippen LogP contribution in [-0.2, 0) is 17.8 Å². The lowest BCUT2D eigenvalue weighted by Crippen LogP contribution is -2.32. The summed E-state index contributed by atoms with van der Waals surface area (Å²) in [6.45, 7) is 1.20. The van der Waals surface area contributed by atoms with E-state index in [4.69, 9.17) is 23.2 Å². The predicted molar refractivity (Wildman–Crippen MR) is 74.1 cm³/mol. The largest absolute Gasteiger partial charge is 0.548 e. The van der Waals surface area contributed by atoms with Gasteiger partial charge in [-0.3, -0.25) is 9.89 Å². The molecule has 1 N–H and O–H groups in total. The van der Waals surface area contributed by atoms with Crippen LogP contribution in [0.1, 0.15) is 16.8 Å². The molecular weight excluding hydrogens is 303 g/mol. The molecule has 0 aliphatic heterocycles. The number of rotatable bonds is 4. The number of aromatic amines is 1. The van der Waals surface area contributed by atoms with Crippen LogP contribution in [0.25, 0.3) is 0 Å². The summed E-state index contributed by atoms with van der Waals surface area (Å²) in [5, 5.41) is 14.2. The Morgan fingerprint density at radius 1 is 1.30 bits per heavy atom. The zero-order valence-corrected chi connectivity index (χ0v) is 12.1. The number of carbonyl (C=O) groups excluding carboxylic acids is 1. The number of aromatic nitrogens is 2. The summed E-state index contributed by atoms with van der Waals surface area (Å²) in [4.78, 5) is 22.6. The average Bonchev–Trinajstić information content (AvgIpc) is 2.55. The summed E-state index contributed by atoms with van der Waals surface area (Å²) < 4.78 is 1.01. The molecule has 5 nitrogen and oxygen atoms in total. The minimum Gasteiger partial charge on any atom is -0.548 e. The molecule has 0 aliphatic rings. The number of nitrogens with zero attached hydrogens (tertiary/aromatic N) is 1. The lowest BCUT2D eigenvalue weighted by Gasteiger charge is -2.02. The SMILES string of the molecule is Cc1[nH]n(CC(=O)[O-])c(=O)c1Cc1cc(Cl)cc(Cl)c1. The van der Waals surface area contributed by atoms with Crippen molar-refractivity contribution in [3.8, 4) is 0 Å². The van der Waals surface area contributed by atoms with E-state index < -0.39 is 12.5 Å². The molecule has 0 aliphatic carbocycles. The quantitative estimate of drug-likeness (QED) is 0.919. The monoisotopic (exact) mass is 313 g/mol. The lowest BCUT2D eigenvalue weighted by molar-refractivity contribution is -0.306. The standard InChI is InChI=1S/C13H12Cl2N2O3/c1-7-11(13(20)17(16-7)6-12(18)19)4-8-2-9(14)5-10(15)3-8/h2-3,5,16H,4,6H2,1H3,(H,18,19)/p-1. The van der Waals surface area contributed by atoms with Crippen molar-refractivity contribution < 1.29 is 9.90 Å². The van der Waals surface area contributed by atoms with Crippen LogP contribution in [0, 0.1) is 6.92 Å². The number of halogens is 2. The summed E-state index contributed by atoms with van der Waals surface area (Å²) in [5.41, 5.74) is 1.47. The first kappa shape index (κ1) is 14.7. The van der Waals surface area contributed by atoms with E-state index in [0.29, 0.717) is 27.7 Å². The fourth-order valence-electron chi connectivity index (χ4n) is 2.01. The molecule has 0 unspecified atom stereocenters. The smallest absolute Gasteiger partial charge is 0.270 e. The average molecular weight is 314 g/mol. The van der Waals surface area contributed by atoms with Crippen LogP contribution >= 0.6 is 23.2 Å². The van der Waals surface area contributed by atoms with Gasteiger partial charge in [-0.2, -0.15) is 0 Å². The second-order valence-corrected chi connectivity index (χ2v) is 5.31. The third kappa shape index (κ3) is 3.23. The highest BCUT2D eigenvalue weighted by atomic mass is 35.5. The Hall–Kier alpha value is -1.72. The van der Waals surface area contributed by atoms with Crippen molar-refractivity contribution in [2.75, 3.05) is 0 Å². The fourth-order valence-corrected chi connectivity index (χ4v) is 2.58. The number of carboxylic acids is 1. The molecular formula is C13H11Cl2N2O3-. The summed E-state index contributed by atoms with van der Waals surface area (Å²) in [7, 11) is 0. The summed E-state index contributed by atoms with van der Waals surface area (Å²) in [6.07, 6.45) is 0.321. The number of carboxylic acid groups (broad SMARTS) is 1. The van der Waals surface area contributed by atoms with Gasteiger partial charge >= 0.3 is 0 Å². The van der Waals surface area contributed by atoms with Gasteiger partial charge in [0, 0.05) is 27.7 Å². The van der Waals surface area contributed by atoms with Crippen molar-refractivity contribution in [1.29, 1.82) is 0 Å². The highest BCUT2D eigenvalue weighted by molar-refractivity contribution is 6.34. The Morgan fingerprint density at radius 2 is 1.90 bits per heavy atom. The van der Waals surface area contributed by atoms with Gasteiger partial charge < -0.3 is 9.90 Å². The summed E-state index contributed by atoms with van der Waals surface area (Å²) in [5.74, 6) is -1.33. The van der Waals surface area contributed by atoms with Crippen molar-refractivity contribution in [1.82, 2.24) is 9.78 Å². The second kappa shape index (κ2) is 5.73. The zero-order valence-electron chi connectivity index (χ0n) is 10.6. The molecule has 0 saturated heterocycles. The topological polar surface area (TPSA) is 77.9 Å². The fraction of sp³-hybridized carbons (Fsp3) is 0.231. The molecule has 1 aromatic heterocycles. The van der Waals surface area contributed by atoms with E-state index in [9.17, 15) is 14.7 Å². The number of carbonyl (C=O) groups is 1. The Kier molecular flexibility index (Phi) is 4.20. The van der Waals surface area contributed by atoms with E-state index in [-0.39, 0.29) is 5.56 Å². The second-order valence-electron chi connectivity index (χ2n) is 4.43. The van der Waals surface area contributed by atoms with Gasteiger partial charge in [0.25, 0.3) is 5.56 Å². The van der Waals surface area contributed by atoms with Crippen LogP contribution in [0.2, 0.25) is 10.0 Å².